The second-order valence-electron chi connectivity index (χ2n) is 7.55. The van der Waals surface area contributed by atoms with Crippen molar-refractivity contribution in [2.75, 3.05) is 11.9 Å². The Labute approximate surface area is 187 Å². The van der Waals surface area contributed by atoms with Crippen molar-refractivity contribution in [3.05, 3.63) is 46.2 Å². The van der Waals surface area contributed by atoms with Gasteiger partial charge in [0.2, 0.25) is 5.88 Å². The van der Waals surface area contributed by atoms with E-state index in [1.807, 2.05) is 0 Å². The predicted molar refractivity (Wildman–Crippen MR) is 111 cm³/mol. The summed E-state index contributed by atoms with van der Waals surface area (Å²) in [6.07, 6.45) is -3.28. The van der Waals surface area contributed by atoms with Crippen molar-refractivity contribution in [2.24, 2.45) is 0 Å². The maximum absolute atomic E-state index is 12.7. The number of aliphatic hydroxyl groups is 1. The van der Waals surface area contributed by atoms with Crippen LogP contribution in [0.15, 0.2) is 24.4 Å². The van der Waals surface area contributed by atoms with Gasteiger partial charge in [-0.1, -0.05) is 11.6 Å². The summed E-state index contributed by atoms with van der Waals surface area (Å²) in [5, 5.41) is 14.8. The summed E-state index contributed by atoms with van der Waals surface area (Å²) < 4.78 is 41.4. The molecule has 2 aromatic rings. The number of hydrogen-bond donors (Lipinski definition) is 3. The van der Waals surface area contributed by atoms with Crippen molar-refractivity contribution >= 4 is 29.2 Å². The molecule has 32 heavy (non-hydrogen) atoms. The van der Waals surface area contributed by atoms with Crippen LogP contribution < -0.4 is 15.4 Å². The Morgan fingerprint density at radius 1 is 1.25 bits per heavy atom. The van der Waals surface area contributed by atoms with Gasteiger partial charge in [-0.2, -0.15) is 13.2 Å². The third kappa shape index (κ3) is 7.34. The molecule has 0 aliphatic rings. The Kier molecular flexibility index (Phi) is 7.68. The van der Waals surface area contributed by atoms with Crippen LogP contribution in [0, 0.1) is 6.92 Å². The summed E-state index contributed by atoms with van der Waals surface area (Å²) in [6, 6.07) is 3.59. The SMILES string of the molecule is Cc1cc(C(=O)NC(C)c2cnc(OCC(F)(F)F)c(Cl)c2)cc(NC(=O)C(C)(C)O)n1. The zero-order chi connectivity index (χ0) is 24.3. The Balaban J connectivity index is 2.12. The molecule has 0 spiro atoms. The molecule has 0 aliphatic heterocycles. The molecular formula is C20H22ClF3N4O4. The van der Waals surface area contributed by atoms with E-state index in [1.54, 1.807) is 13.8 Å². The summed E-state index contributed by atoms with van der Waals surface area (Å²) in [4.78, 5) is 32.5. The van der Waals surface area contributed by atoms with Gasteiger partial charge in [-0.15, -0.1) is 0 Å². The topological polar surface area (TPSA) is 113 Å². The molecule has 2 rings (SSSR count). The number of aryl methyl sites for hydroxylation is 1. The van der Waals surface area contributed by atoms with E-state index in [-0.39, 0.29) is 22.3 Å². The van der Waals surface area contributed by atoms with Gasteiger partial charge in [0, 0.05) is 17.5 Å². The molecule has 3 N–H and O–H groups in total. The van der Waals surface area contributed by atoms with Crippen molar-refractivity contribution in [1.82, 2.24) is 15.3 Å². The summed E-state index contributed by atoms with van der Waals surface area (Å²) in [5.74, 6) is -1.48. The van der Waals surface area contributed by atoms with Crippen molar-refractivity contribution in [2.45, 2.75) is 45.5 Å². The summed E-state index contributed by atoms with van der Waals surface area (Å²) >= 11 is 5.95. The molecule has 0 radical (unpaired) electrons. The summed E-state index contributed by atoms with van der Waals surface area (Å²) in [6.45, 7) is 4.35. The highest BCUT2D eigenvalue weighted by atomic mass is 35.5. The molecule has 2 heterocycles. The number of aromatic nitrogens is 2. The van der Waals surface area contributed by atoms with E-state index < -0.39 is 36.2 Å². The molecule has 2 aromatic heterocycles. The van der Waals surface area contributed by atoms with Crippen LogP contribution in [0.4, 0.5) is 19.0 Å². The van der Waals surface area contributed by atoms with Gasteiger partial charge in [-0.3, -0.25) is 9.59 Å². The quantitative estimate of drug-likeness (QED) is 0.565. The Hall–Kier alpha value is -2.92. The van der Waals surface area contributed by atoms with E-state index in [0.717, 1.165) is 0 Å². The van der Waals surface area contributed by atoms with Crippen LogP contribution in [-0.2, 0) is 4.79 Å². The van der Waals surface area contributed by atoms with Crippen LogP contribution in [0.3, 0.4) is 0 Å². The standard InChI is InChI=1S/C20H22ClF3N4O4/c1-10-5-12(7-15(26-10)28-18(30)19(3,4)31)16(29)27-11(2)13-6-14(21)17(25-8-13)32-9-20(22,23)24/h5-8,11,31H,9H2,1-4H3,(H,27,29)(H,26,28,30). The molecular weight excluding hydrogens is 453 g/mol. The van der Waals surface area contributed by atoms with Gasteiger partial charge in [0.15, 0.2) is 6.61 Å². The van der Waals surface area contributed by atoms with Crippen LogP contribution >= 0.6 is 11.6 Å². The fraction of sp³-hybridized carbons (Fsp3) is 0.400. The molecule has 0 aliphatic carbocycles. The Morgan fingerprint density at radius 2 is 1.91 bits per heavy atom. The molecule has 0 bridgehead atoms. The van der Waals surface area contributed by atoms with Crippen molar-refractivity contribution in [3.63, 3.8) is 0 Å². The number of nitrogens with one attached hydrogen (secondary N) is 2. The van der Waals surface area contributed by atoms with E-state index in [4.69, 9.17) is 11.6 Å². The molecule has 0 aromatic carbocycles. The van der Waals surface area contributed by atoms with Gasteiger partial charge in [-0.05, 0) is 51.5 Å². The first-order chi connectivity index (χ1) is 14.7. The van der Waals surface area contributed by atoms with Crippen molar-refractivity contribution in [1.29, 1.82) is 0 Å². The lowest BCUT2D eigenvalue weighted by atomic mass is 10.1. The molecule has 1 unspecified atom stereocenters. The van der Waals surface area contributed by atoms with Gasteiger partial charge in [-0.25, -0.2) is 9.97 Å². The number of nitrogens with zero attached hydrogens (tertiary/aromatic N) is 2. The molecule has 12 heteroatoms. The van der Waals surface area contributed by atoms with Gasteiger partial charge in [0.05, 0.1) is 6.04 Å². The lowest BCUT2D eigenvalue weighted by Crippen LogP contribution is -2.37. The zero-order valence-electron chi connectivity index (χ0n) is 17.7. The van der Waals surface area contributed by atoms with Crippen LogP contribution in [0.1, 0.15) is 48.4 Å². The van der Waals surface area contributed by atoms with Crippen molar-refractivity contribution < 1.29 is 32.6 Å². The summed E-state index contributed by atoms with van der Waals surface area (Å²) in [5.41, 5.74) is -0.555. The highest BCUT2D eigenvalue weighted by Gasteiger charge is 2.29. The molecule has 1 atom stereocenters. The normalized spacial score (nSPS) is 12.8. The number of amides is 2. The predicted octanol–water partition coefficient (Wildman–Crippen LogP) is 3.58. The first-order valence-electron chi connectivity index (χ1n) is 9.34. The molecule has 174 valence electrons. The maximum Gasteiger partial charge on any atom is 0.422 e. The number of anilines is 1. The first-order valence-corrected chi connectivity index (χ1v) is 9.72. The highest BCUT2D eigenvalue weighted by Crippen LogP contribution is 2.27. The van der Waals surface area contributed by atoms with Crippen molar-refractivity contribution in [3.8, 4) is 5.88 Å². The van der Waals surface area contributed by atoms with Crippen LogP contribution in [0.2, 0.25) is 5.02 Å². The molecule has 2 amide bonds. The molecule has 0 saturated carbocycles. The van der Waals surface area contributed by atoms with E-state index in [0.29, 0.717) is 11.3 Å². The number of hydrogen-bond acceptors (Lipinski definition) is 6. The lowest BCUT2D eigenvalue weighted by Gasteiger charge is -2.18. The number of alkyl halides is 3. The van der Waals surface area contributed by atoms with Gasteiger partial charge in [0.25, 0.3) is 11.8 Å². The van der Waals surface area contributed by atoms with Crippen LogP contribution in [-0.4, -0.2) is 45.3 Å². The van der Waals surface area contributed by atoms with E-state index >= 15 is 0 Å². The third-order valence-electron chi connectivity index (χ3n) is 4.06. The van der Waals surface area contributed by atoms with Gasteiger partial charge < -0.3 is 20.5 Å². The van der Waals surface area contributed by atoms with Crippen LogP contribution in [0.5, 0.6) is 5.88 Å². The minimum atomic E-state index is -4.53. The number of halogens is 4. The molecule has 0 fully saturated rings. The minimum absolute atomic E-state index is 0.0887. The molecule has 0 saturated heterocycles. The highest BCUT2D eigenvalue weighted by molar-refractivity contribution is 6.31. The Morgan fingerprint density at radius 3 is 2.47 bits per heavy atom. The fourth-order valence-electron chi connectivity index (χ4n) is 2.43. The second kappa shape index (κ2) is 9.70. The number of carbonyl (C=O) groups excluding carboxylic acids is 2. The van der Waals surface area contributed by atoms with Crippen LogP contribution in [0.25, 0.3) is 0 Å². The average Bonchev–Trinajstić information content (AvgIpc) is 2.64. The Bertz CT molecular complexity index is 1010. The summed E-state index contributed by atoms with van der Waals surface area (Å²) in [7, 11) is 0. The lowest BCUT2D eigenvalue weighted by molar-refractivity contribution is -0.154. The monoisotopic (exact) mass is 474 g/mol. The molecule has 8 nitrogen and oxygen atoms in total. The van der Waals surface area contributed by atoms with E-state index in [1.165, 1.54) is 38.2 Å². The number of rotatable bonds is 7. The van der Waals surface area contributed by atoms with E-state index in [9.17, 15) is 27.9 Å². The second-order valence-corrected chi connectivity index (χ2v) is 7.96. The largest absolute Gasteiger partial charge is 0.467 e. The van der Waals surface area contributed by atoms with Gasteiger partial charge >= 0.3 is 6.18 Å². The number of ether oxygens (including phenoxy) is 1. The maximum atomic E-state index is 12.7. The van der Waals surface area contributed by atoms with Gasteiger partial charge in [0.1, 0.15) is 16.4 Å². The third-order valence-corrected chi connectivity index (χ3v) is 4.33. The average molecular weight is 475 g/mol. The number of pyridine rings is 2. The smallest absolute Gasteiger partial charge is 0.422 e. The fourth-order valence-corrected chi connectivity index (χ4v) is 2.66. The number of carbonyl (C=O) groups is 2. The van der Waals surface area contributed by atoms with E-state index in [2.05, 4.69) is 25.3 Å². The first kappa shape index (κ1) is 25.3. The minimum Gasteiger partial charge on any atom is -0.467 e. The zero-order valence-corrected chi connectivity index (χ0v) is 18.4.